The summed E-state index contributed by atoms with van der Waals surface area (Å²) < 4.78 is 3.53. The Bertz CT molecular complexity index is 1250. The maximum atomic E-state index is 12.6. The van der Waals surface area contributed by atoms with Crippen LogP contribution in [0.1, 0.15) is 25.7 Å². The summed E-state index contributed by atoms with van der Waals surface area (Å²) in [5.74, 6) is 0.573. The molecule has 4 aromatic heterocycles. The topological polar surface area (TPSA) is 93.2 Å². The van der Waals surface area contributed by atoms with Crippen molar-refractivity contribution >= 4 is 34.2 Å². The molecule has 30 heavy (non-hydrogen) atoms. The Hall–Kier alpha value is -3.49. The number of carbonyl (C=O) groups is 1. The number of anilines is 2. The lowest BCUT2D eigenvalue weighted by Gasteiger charge is -2.37. The number of fused-ring (bicyclic) bond motifs is 2. The van der Waals surface area contributed by atoms with E-state index < -0.39 is 0 Å². The Morgan fingerprint density at radius 3 is 2.93 bits per heavy atom. The van der Waals surface area contributed by atoms with E-state index in [0.717, 1.165) is 30.1 Å². The van der Waals surface area contributed by atoms with Crippen molar-refractivity contribution in [2.45, 2.75) is 32.2 Å². The predicted molar refractivity (Wildman–Crippen MR) is 112 cm³/mol. The van der Waals surface area contributed by atoms with Gasteiger partial charge in [0, 0.05) is 49.6 Å². The van der Waals surface area contributed by atoms with E-state index in [0.29, 0.717) is 16.7 Å². The zero-order chi connectivity index (χ0) is 20.1. The summed E-state index contributed by atoms with van der Waals surface area (Å²) in [6.45, 7) is 2.11. The number of pyridine rings is 1. The average molecular weight is 402 g/mol. The second-order valence-electron chi connectivity index (χ2n) is 8.43. The largest absolute Gasteiger partial charge is 0.340 e. The summed E-state index contributed by atoms with van der Waals surface area (Å²) in [7, 11) is 0. The summed E-state index contributed by atoms with van der Waals surface area (Å²) in [4.78, 5) is 28.4. The second-order valence-corrected chi connectivity index (χ2v) is 8.43. The van der Waals surface area contributed by atoms with Gasteiger partial charge in [0.2, 0.25) is 11.9 Å². The van der Waals surface area contributed by atoms with Gasteiger partial charge in [-0.1, -0.05) is 6.42 Å². The standard InChI is InChI=1S/C21H22N8O/c30-18(25-16-2-7-27-9-6-22-17(27)10-16)13-29-19-15(12-24-29)11-23-20(26-19)28-8-5-21(14-28)3-1-4-21/h2,6-7,9-12H,1,3-5,8,13-14H2,(H,25,30). The summed E-state index contributed by atoms with van der Waals surface area (Å²) in [5.41, 5.74) is 2.65. The molecule has 1 saturated heterocycles. The molecule has 152 valence electrons. The first-order chi connectivity index (χ1) is 14.7. The maximum absolute atomic E-state index is 12.6. The molecular formula is C21H22N8O. The van der Waals surface area contributed by atoms with Gasteiger partial charge >= 0.3 is 0 Å². The molecule has 4 aromatic rings. The molecule has 5 heterocycles. The van der Waals surface area contributed by atoms with Crippen LogP contribution in [0.3, 0.4) is 0 Å². The van der Waals surface area contributed by atoms with Crippen LogP contribution in [-0.4, -0.2) is 48.1 Å². The number of carbonyl (C=O) groups excluding carboxylic acids is 1. The fourth-order valence-electron chi connectivity index (χ4n) is 4.64. The molecule has 1 N–H and O–H groups in total. The zero-order valence-electron chi connectivity index (χ0n) is 16.5. The molecule has 1 aliphatic heterocycles. The quantitative estimate of drug-likeness (QED) is 0.564. The molecular weight excluding hydrogens is 380 g/mol. The molecule has 1 aliphatic carbocycles. The number of nitrogens with one attached hydrogen (secondary N) is 1. The number of hydrogen-bond donors (Lipinski definition) is 1. The van der Waals surface area contributed by atoms with Gasteiger partial charge in [-0.25, -0.2) is 14.6 Å². The fourth-order valence-corrected chi connectivity index (χ4v) is 4.64. The molecule has 0 unspecified atom stereocenters. The summed E-state index contributed by atoms with van der Waals surface area (Å²) in [6.07, 6.45) is 14.1. The summed E-state index contributed by atoms with van der Waals surface area (Å²) in [6, 6.07) is 3.68. The second kappa shape index (κ2) is 6.51. The van der Waals surface area contributed by atoms with Crippen LogP contribution >= 0.6 is 0 Å². The highest BCUT2D eigenvalue weighted by Crippen LogP contribution is 2.48. The fraction of sp³-hybridized carbons (Fsp3) is 0.381. The van der Waals surface area contributed by atoms with Crippen LogP contribution in [-0.2, 0) is 11.3 Å². The van der Waals surface area contributed by atoms with Gasteiger partial charge in [0.25, 0.3) is 0 Å². The van der Waals surface area contributed by atoms with Gasteiger partial charge in [0.15, 0.2) is 5.65 Å². The molecule has 2 fully saturated rings. The van der Waals surface area contributed by atoms with Gasteiger partial charge in [-0.2, -0.15) is 10.1 Å². The SMILES string of the molecule is O=C(Cn1ncc2cnc(N3CCC4(CCC4)C3)nc21)Nc1ccn2ccnc2c1. The van der Waals surface area contributed by atoms with E-state index in [1.54, 1.807) is 23.3 Å². The minimum absolute atomic E-state index is 0.0868. The predicted octanol–water partition coefficient (Wildman–Crippen LogP) is 2.49. The van der Waals surface area contributed by atoms with Crippen molar-refractivity contribution in [3.05, 3.63) is 43.1 Å². The van der Waals surface area contributed by atoms with Crippen LogP contribution in [0.4, 0.5) is 11.6 Å². The monoisotopic (exact) mass is 402 g/mol. The first kappa shape index (κ1) is 17.4. The molecule has 1 spiro atoms. The third-order valence-electron chi connectivity index (χ3n) is 6.47. The van der Waals surface area contributed by atoms with Crippen molar-refractivity contribution < 1.29 is 4.79 Å². The van der Waals surface area contributed by atoms with Crippen molar-refractivity contribution in [1.82, 2.24) is 29.1 Å². The lowest BCUT2D eigenvalue weighted by atomic mass is 9.68. The Morgan fingerprint density at radius 2 is 2.10 bits per heavy atom. The number of imidazole rings is 1. The van der Waals surface area contributed by atoms with E-state index >= 15 is 0 Å². The first-order valence-corrected chi connectivity index (χ1v) is 10.3. The Labute approximate surface area is 172 Å². The van der Waals surface area contributed by atoms with E-state index in [1.165, 1.54) is 25.7 Å². The number of hydrogen-bond acceptors (Lipinski definition) is 6. The first-order valence-electron chi connectivity index (χ1n) is 10.3. The molecule has 9 nitrogen and oxygen atoms in total. The number of rotatable bonds is 4. The van der Waals surface area contributed by atoms with Crippen molar-refractivity contribution in [2.24, 2.45) is 5.41 Å². The molecule has 1 saturated carbocycles. The Balaban J connectivity index is 1.21. The maximum Gasteiger partial charge on any atom is 0.246 e. The van der Waals surface area contributed by atoms with Gasteiger partial charge in [0.05, 0.1) is 11.6 Å². The molecule has 2 aliphatic rings. The van der Waals surface area contributed by atoms with Gasteiger partial charge in [-0.15, -0.1) is 0 Å². The summed E-state index contributed by atoms with van der Waals surface area (Å²) >= 11 is 0. The number of nitrogens with zero attached hydrogens (tertiary/aromatic N) is 7. The van der Waals surface area contributed by atoms with Gasteiger partial charge < -0.3 is 14.6 Å². The average Bonchev–Trinajstić information content (AvgIpc) is 3.45. The minimum Gasteiger partial charge on any atom is -0.340 e. The molecule has 9 heteroatoms. The van der Waals surface area contributed by atoms with Crippen LogP contribution < -0.4 is 10.2 Å². The van der Waals surface area contributed by atoms with Crippen molar-refractivity contribution in [3.63, 3.8) is 0 Å². The third-order valence-corrected chi connectivity index (χ3v) is 6.47. The van der Waals surface area contributed by atoms with Gasteiger partial charge in [0.1, 0.15) is 12.2 Å². The van der Waals surface area contributed by atoms with Crippen molar-refractivity contribution in [2.75, 3.05) is 23.3 Å². The lowest BCUT2D eigenvalue weighted by molar-refractivity contribution is -0.116. The number of aromatic nitrogens is 6. The molecule has 6 rings (SSSR count). The Morgan fingerprint density at radius 1 is 1.17 bits per heavy atom. The van der Waals surface area contributed by atoms with Crippen LogP contribution in [0.2, 0.25) is 0 Å². The highest BCUT2D eigenvalue weighted by atomic mass is 16.2. The minimum atomic E-state index is -0.161. The third kappa shape index (κ3) is 2.89. The van der Waals surface area contributed by atoms with Crippen LogP contribution in [0.5, 0.6) is 0 Å². The van der Waals surface area contributed by atoms with E-state index in [1.807, 2.05) is 28.9 Å². The van der Waals surface area contributed by atoms with E-state index in [4.69, 9.17) is 4.98 Å². The van der Waals surface area contributed by atoms with Gasteiger partial charge in [-0.05, 0) is 30.7 Å². The highest BCUT2D eigenvalue weighted by Gasteiger charge is 2.43. The van der Waals surface area contributed by atoms with E-state index in [2.05, 4.69) is 25.3 Å². The summed E-state index contributed by atoms with van der Waals surface area (Å²) in [5, 5.41) is 8.11. The zero-order valence-corrected chi connectivity index (χ0v) is 16.5. The van der Waals surface area contributed by atoms with Crippen molar-refractivity contribution in [1.29, 1.82) is 0 Å². The Kier molecular flexibility index (Phi) is 3.77. The molecule has 0 radical (unpaired) electrons. The van der Waals surface area contributed by atoms with Crippen LogP contribution in [0.25, 0.3) is 16.7 Å². The lowest BCUT2D eigenvalue weighted by Crippen LogP contribution is -2.33. The van der Waals surface area contributed by atoms with E-state index in [-0.39, 0.29) is 12.5 Å². The van der Waals surface area contributed by atoms with E-state index in [9.17, 15) is 4.79 Å². The molecule has 0 atom stereocenters. The molecule has 0 aromatic carbocycles. The van der Waals surface area contributed by atoms with Gasteiger partial charge in [-0.3, -0.25) is 4.79 Å². The number of amides is 1. The molecule has 1 amide bonds. The van der Waals surface area contributed by atoms with Crippen LogP contribution in [0, 0.1) is 5.41 Å². The van der Waals surface area contributed by atoms with Crippen LogP contribution in [0.15, 0.2) is 43.1 Å². The van der Waals surface area contributed by atoms with Crippen molar-refractivity contribution in [3.8, 4) is 0 Å². The highest BCUT2D eigenvalue weighted by molar-refractivity contribution is 5.91. The molecule has 0 bridgehead atoms. The smallest absolute Gasteiger partial charge is 0.246 e. The normalized spacial score (nSPS) is 17.7.